The minimum Gasteiger partial charge on any atom is -0.384 e. The second-order valence-electron chi connectivity index (χ2n) is 5.89. The van der Waals surface area contributed by atoms with Crippen molar-refractivity contribution >= 4 is 17.7 Å². The molecule has 5 nitrogen and oxygen atoms in total. The molecule has 0 aromatic carbocycles. The van der Waals surface area contributed by atoms with Crippen molar-refractivity contribution in [2.24, 2.45) is 5.73 Å². The van der Waals surface area contributed by atoms with Crippen molar-refractivity contribution in [3.63, 3.8) is 0 Å². The molecule has 0 radical (unpaired) electrons. The summed E-state index contributed by atoms with van der Waals surface area (Å²) in [6, 6.07) is 5.59. The fourth-order valence-electron chi connectivity index (χ4n) is 2.46. The smallest absolute Gasteiger partial charge is 0.265 e. The maximum Gasteiger partial charge on any atom is 0.265 e. The van der Waals surface area contributed by atoms with E-state index in [0.717, 1.165) is 23.4 Å². The zero-order valence-corrected chi connectivity index (χ0v) is 14.3. The van der Waals surface area contributed by atoms with Crippen LogP contribution in [0.5, 0.6) is 0 Å². The molecule has 2 heterocycles. The summed E-state index contributed by atoms with van der Waals surface area (Å²) in [7, 11) is 0. The summed E-state index contributed by atoms with van der Waals surface area (Å²) in [5.74, 6) is -0.446. The number of thioether (sulfide) groups is 1. The Hall–Kier alpha value is -1.53. The number of carbonyl (C=O) groups is 1. The third kappa shape index (κ3) is 2.98. The number of aliphatic hydroxyl groups is 1. The molecule has 1 amide bonds. The predicted octanol–water partition coefficient (Wildman–Crippen LogP) is 2.32. The van der Waals surface area contributed by atoms with Gasteiger partial charge in [-0.2, -0.15) is 0 Å². The molecule has 0 saturated heterocycles. The molecule has 1 atom stereocenters. The molecule has 120 valence electrons. The van der Waals surface area contributed by atoms with Gasteiger partial charge in [-0.05, 0) is 38.8 Å². The number of carbonyl (C=O) groups excluding carboxylic acids is 1. The summed E-state index contributed by atoms with van der Waals surface area (Å²) < 4.78 is 0. The van der Waals surface area contributed by atoms with Gasteiger partial charge >= 0.3 is 0 Å². The van der Waals surface area contributed by atoms with Gasteiger partial charge < -0.3 is 16.2 Å². The third-order valence-electron chi connectivity index (χ3n) is 3.76. The molecular formula is C16H23N3O2S. The van der Waals surface area contributed by atoms with Crippen molar-refractivity contribution in [3.05, 3.63) is 40.2 Å². The van der Waals surface area contributed by atoms with Gasteiger partial charge in [0.1, 0.15) is 16.2 Å². The second kappa shape index (κ2) is 5.93. The van der Waals surface area contributed by atoms with Crippen LogP contribution in [0.3, 0.4) is 0 Å². The van der Waals surface area contributed by atoms with Crippen LogP contribution in [0.2, 0.25) is 0 Å². The van der Waals surface area contributed by atoms with Crippen molar-refractivity contribution in [3.8, 4) is 0 Å². The van der Waals surface area contributed by atoms with Gasteiger partial charge in [-0.15, -0.1) is 0 Å². The summed E-state index contributed by atoms with van der Waals surface area (Å²) in [4.78, 5) is 16.7. The topological polar surface area (TPSA) is 88.2 Å². The van der Waals surface area contributed by atoms with Crippen molar-refractivity contribution in [1.82, 2.24) is 10.3 Å². The SMILES string of the molecule is CCC1=C(C(N)=O)NC(CC)(c2cccc(C(C)(C)O)n2)S1. The van der Waals surface area contributed by atoms with E-state index in [-0.39, 0.29) is 0 Å². The maximum absolute atomic E-state index is 11.7. The maximum atomic E-state index is 11.7. The largest absolute Gasteiger partial charge is 0.384 e. The molecule has 1 aromatic heterocycles. The number of hydrogen-bond donors (Lipinski definition) is 3. The van der Waals surface area contributed by atoms with Crippen molar-refractivity contribution in [2.75, 3.05) is 0 Å². The first kappa shape index (κ1) is 16.8. The highest BCUT2D eigenvalue weighted by Crippen LogP contribution is 2.48. The van der Waals surface area contributed by atoms with Gasteiger partial charge in [0.15, 0.2) is 0 Å². The molecule has 2 rings (SSSR count). The van der Waals surface area contributed by atoms with Crippen molar-refractivity contribution in [1.29, 1.82) is 0 Å². The minimum atomic E-state index is -1.01. The number of nitrogens with one attached hydrogen (secondary N) is 1. The van der Waals surface area contributed by atoms with Crippen LogP contribution in [0, 0.1) is 0 Å². The summed E-state index contributed by atoms with van der Waals surface area (Å²) in [5, 5.41) is 13.5. The lowest BCUT2D eigenvalue weighted by Crippen LogP contribution is -2.39. The molecule has 1 aliphatic heterocycles. The van der Waals surface area contributed by atoms with Gasteiger partial charge in [0, 0.05) is 4.91 Å². The first-order valence-electron chi connectivity index (χ1n) is 7.44. The van der Waals surface area contributed by atoms with Crippen LogP contribution < -0.4 is 11.1 Å². The highest BCUT2D eigenvalue weighted by Gasteiger charge is 2.42. The number of hydrogen-bond acceptors (Lipinski definition) is 5. The molecule has 0 spiro atoms. The molecular weight excluding hydrogens is 298 g/mol. The summed E-state index contributed by atoms with van der Waals surface area (Å²) in [6.45, 7) is 7.45. The molecule has 1 aliphatic rings. The van der Waals surface area contributed by atoms with Gasteiger partial charge in [-0.3, -0.25) is 9.78 Å². The Morgan fingerprint density at radius 3 is 2.59 bits per heavy atom. The normalized spacial score (nSPS) is 21.9. The van der Waals surface area contributed by atoms with E-state index < -0.39 is 16.4 Å². The van der Waals surface area contributed by atoms with E-state index in [2.05, 4.69) is 10.3 Å². The molecule has 0 fully saturated rings. The quantitative estimate of drug-likeness (QED) is 0.774. The zero-order valence-electron chi connectivity index (χ0n) is 13.4. The average Bonchev–Trinajstić information content (AvgIpc) is 2.87. The lowest BCUT2D eigenvalue weighted by atomic mass is 10.0. The number of allylic oxidation sites excluding steroid dienone is 1. The average molecular weight is 321 g/mol. The number of nitrogens with two attached hydrogens (primary N) is 1. The van der Waals surface area contributed by atoms with Crippen molar-refractivity contribution < 1.29 is 9.90 Å². The Morgan fingerprint density at radius 1 is 1.45 bits per heavy atom. The molecule has 4 N–H and O–H groups in total. The fourth-order valence-corrected chi connectivity index (χ4v) is 3.80. The lowest BCUT2D eigenvalue weighted by molar-refractivity contribution is -0.115. The molecule has 1 aromatic rings. The van der Waals surface area contributed by atoms with Crippen LogP contribution in [0.4, 0.5) is 0 Å². The van der Waals surface area contributed by atoms with E-state index in [1.54, 1.807) is 31.7 Å². The number of aromatic nitrogens is 1. The van der Waals surface area contributed by atoms with Gasteiger partial charge in [-0.1, -0.05) is 31.7 Å². The predicted molar refractivity (Wildman–Crippen MR) is 88.7 cm³/mol. The highest BCUT2D eigenvalue weighted by atomic mass is 32.2. The Bertz CT molecular complexity index is 622. The molecule has 22 heavy (non-hydrogen) atoms. The van der Waals surface area contributed by atoms with Crippen LogP contribution in [0.1, 0.15) is 51.9 Å². The van der Waals surface area contributed by atoms with Gasteiger partial charge in [0.2, 0.25) is 0 Å². The van der Waals surface area contributed by atoms with E-state index in [1.165, 1.54) is 0 Å². The summed E-state index contributed by atoms with van der Waals surface area (Å²) in [5.41, 5.74) is 6.34. The molecule has 0 aliphatic carbocycles. The highest BCUT2D eigenvalue weighted by molar-refractivity contribution is 8.04. The number of rotatable bonds is 5. The van der Waals surface area contributed by atoms with Gasteiger partial charge in [0.25, 0.3) is 5.91 Å². The third-order valence-corrected chi connectivity index (χ3v) is 5.45. The zero-order chi connectivity index (χ0) is 16.5. The molecule has 0 bridgehead atoms. The van der Waals surface area contributed by atoms with E-state index in [9.17, 15) is 9.90 Å². The summed E-state index contributed by atoms with van der Waals surface area (Å²) in [6.07, 6.45) is 1.48. The van der Waals surface area contributed by atoms with Crippen LogP contribution in [-0.4, -0.2) is 16.0 Å². The van der Waals surface area contributed by atoms with Gasteiger partial charge in [-0.25, -0.2) is 0 Å². The fraction of sp³-hybridized carbons (Fsp3) is 0.500. The molecule has 6 heteroatoms. The first-order valence-corrected chi connectivity index (χ1v) is 8.25. The minimum absolute atomic E-state index is 0.446. The summed E-state index contributed by atoms with van der Waals surface area (Å²) >= 11 is 1.59. The van der Waals surface area contributed by atoms with E-state index in [1.807, 2.05) is 26.0 Å². The molecule has 0 saturated carbocycles. The number of pyridine rings is 1. The van der Waals surface area contributed by atoms with Crippen LogP contribution in [0.15, 0.2) is 28.8 Å². The number of primary amides is 1. The van der Waals surface area contributed by atoms with E-state index in [0.29, 0.717) is 11.4 Å². The Labute approximate surface area is 135 Å². The standard InChI is InChI=1S/C16H23N3O2S/c1-5-10-13(14(17)20)19-16(6-2,22-10)12-9-7-8-11(18-12)15(3,4)21/h7-9,19,21H,5-6H2,1-4H3,(H2,17,20). The van der Waals surface area contributed by atoms with Crippen LogP contribution in [-0.2, 0) is 15.3 Å². The van der Waals surface area contributed by atoms with Crippen molar-refractivity contribution in [2.45, 2.75) is 51.0 Å². The van der Waals surface area contributed by atoms with E-state index >= 15 is 0 Å². The Kier molecular flexibility index (Phi) is 4.54. The number of nitrogens with zero attached hydrogens (tertiary/aromatic N) is 1. The van der Waals surface area contributed by atoms with Crippen LogP contribution >= 0.6 is 11.8 Å². The monoisotopic (exact) mass is 321 g/mol. The lowest BCUT2D eigenvalue weighted by Gasteiger charge is -2.29. The molecule has 1 unspecified atom stereocenters. The number of amides is 1. The second-order valence-corrected chi connectivity index (χ2v) is 7.28. The first-order chi connectivity index (χ1) is 10.2. The van der Waals surface area contributed by atoms with E-state index in [4.69, 9.17) is 5.73 Å². The van der Waals surface area contributed by atoms with Crippen LogP contribution in [0.25, 0.3) is 0 Å². The van der Waals surface area contributed by atoms with Gasteiger partial charge in [0.05, 0.1) is 11.4 Å². The Morgan fingerprint density at radius 2 is 2.14 bits per heavy atom. The Balaban J connectivity index is 2.45.